The molecule has 0 saturated heterocycles. The van der Waals surface area contributed by atoms with Crippen molar-refractivity contribution in [3.05, 3.63) is 16.1 Å². The van der Waals surface area contributed by atoms with Crippen molar-refractivity contribution in [1.82, 2.24) is 15.2 Å². The van der Waals surface area contributed by atoms with Gasteiger partial charge in [0.1, 0.15) is 11.0 Å². The minimum absolute atomic E-state index is 0.0718. The summed E-state index contributed by atoms with van der Waals surface area (Å²) in [7, 11) is 0. The molecule has 0 bridgehead atoms. The lowest BCUT2D eigenvalue weighted by molar-refractivity contribution is -0.149. The first kappa shape index (κ1) is 18.1. The van der Waals surface area contributed by atoms with E-state index in [0.717, 1.165) is 12.1 Å². The second-order valence-corrected chi connectivity index (χ2v) is 5.79. The monoisotopic (exact) mass is 327 g/mol. The van der Waals surface area contributed by atoms with E-state index in [0.29, 0.717) is 5.01 Å². The van der Waals surface area contributed by atoms with Crippen LogP contribution < -0.4 is 5.32 Å². The summed E-state index contributed by atoms with van der Waals surface area (Å²) in [4.78, 5) is 40.0. The molecule has 0 fully saturated rings. The van der Waals surface area contributed by atoms with Crippen LogP contribution in [0.3, 0.4) is 0 Å². The molecular formula is C14H21N3O4S. The van der Waals surface area contributed by atoms with Gasteiger partial charge in [0, 0.05) is 25.4 Å². The Morgan fingerprint density at radius 1 is 1.45 bits per heavy atom. The molecule has 0 radical (unpaired) electrons. The van der Waals surface area contributed by atoms with Crippen LogP contribution in [0.1, 0.15) is 31.5 Å². The molecule has 8 heteroatoms. The third-order valence-electron chi connectivity index (χ3n) is 3.14. The van der Waals surface area contributed by atoms with Crippen LogP contribution in [0, 0.1) is 0 Å². The molecule has 1 atom stereocenters. The van der Waals surface area contributed by atoms with Gasteiger partial charge < -0.3 is 15.3 Å². The molecule has 1 unspecified atom stereocenters. The lowest BCUT2D eigenvalue weighted by Crippen LogP contribution is -2.47. The van der Waals surface area contributed by atoms with Crippen LogP contribution in [0.5, 0.6) is 0 Å². The molecule has 1 aromatic heterocycles. The quantitative estimate of drug-likeness (QED) is 0.731. The van der Waals surface area contributed by atoms with Crippen LogP contribution in [0.2, 0.25) is 0 Å². The fraction of sp³-hybridized carbons (Fsp3) is 0.571. The smallest absolute Gasteiger partial charge is 0.326 e. The first-order chi connectivity index (χ1) is 10.3. The van der Waals surface area contributed by atoms with Crippen molar-refractivity contribution in [2.24, 2.45) is 0 Å². The van der Waals surface area contributed by atoms with Gasteiger partial charge in [-0.05, 0) is 13.3 Å². The summed E-state index contributed by atoms with van der Waals surface area (Å²) in [6.07, 6.45) is 0.866. The van der Waals surface area contributed by atoms with Gasteiger partial charge in [-0.1, -0.05) is 6.92 Å². The van der Waals surface area contributed by atoms with Crippen molar-refractivity contribution in [1.29, 1.82) is 0 Å². The van der Waals surface area contributed by atoms with E-state index >= 15 is 0 Å². The summed E-state index contributed by atoms with van der Waals surface area (Å²) in [6.45, 7) is 5.17. The van der Waals surface area contributed by atoms with Gasteiger partial charge in [-0.3, -0.25) is 9.59 Å². The zero-order valence-corrected chi connectivity index (χ0v) is 13.8. The van der Waals surface area contributed by atoms with E-state index in [1.807, 2.05) is 12.3 Å². The van der Waals surface area contributed by atoms with E-state index < -0.39 is 12.0 Å². The van der Waals surface area contributed by atoms with Crippen LogP contribution in [-0.4, -0.2) is 51.9 Å². The van der Waals surface area contributed by atoms with Crippen molar-refractivity contribution in [2.75, 3.05) is 13.1 Å². The number of hydrogen-bond acceptors (Lipinski definition) is 5. The molecule has 0 aliphatic rings. The number of rotatable bonds is 8. The number of thiazole rings is 1. The van der Waals surface area contributed by atoms with Crippen LogP contribution in [0.15, 0.2) is 5.38 Å². The van der Waals surface area contributed by atoms with Gasteiger partial charge in [0.25, 0.3) is 0 Å². The number of nitrogens with zero attached hydrogens (tertiary/aromatic N) is 2. The van der Waals surface area contributed by atoms with Crippen molar-refractivity contribution in [2.45, 2.75) is 39.7 Å². The number of amides is 2. The second-order valence-electron chi connectivity index (χ2n) is 4.85. The van der Waals surface area contributed by atoms with Crippen molar-refractivity contribution < 1.29 is 19.5 Å². The van der Waals surface area contributed by atoms with Crippen molar-refractivity contribution in [3.63, 3.8) is 0 Å². The number of aromatic nitrogens is 1. The molecule has 0 aromatic carbocycles. The molecule has 2 N–H and O–H groups in total. The van der Waals surface area contributed by atoms with Crippen LogP contribution >= 0.6 is 11.3 Å². The van der Waals surface area contributed by atoms with E-state index in [2.05, 4.69) is 10.3 Å². The highest BCUT2D eigenvalue weighted by Crippen LogP contribution is 2.13. The lowest BCUT2D eigenvalue weighted by Gasteiger charge is -2.26. The lowest BCUT2D eigenvalue weighted by atomic mass is 10.2. The van der Waals surface area contributed by atoms with Gasteiger partial charge in [-0.15, -0.1) is 11.3 Å². The summed E-state index contributed by atoms with van der Waals surface area (Å²) in [5, 5.41) is 14.3. The number of carbonyl (C=O) groups is 3. The van der Waals surface area contributed by atoms with Gasteiger partial charge in [0.2, 0.25) is 11.8 Å². The van der Waals surface area contributed by atoms with Gasteiger partial charge in [0.15, 0.2) is 0 Å². The maximum absolute atomic E-state index is 12.3. The Morgan fingerprint density at radius 3 is 2.64 bits per heavy atom. The highest BCUT2D eigenvalue weighted by Gasteiger charge is 2.25. The van der Waals surface area contributed by atoms with E-state index in [4.69, 9.17) is 5.11 Å². The molecule has 22 heavy (non-hydrogen) atoms. The summed E-state index contributed by atoms with van der Waals surface area (Å²) in [5.74, 6) is -1.61. The fourth-order valence-corrected chi connectivity index (χ4v) is 2.71. The Bertz CT molecular complexity index is 544. The number of aryl methyl sites for hydroxylation is 1. The molecule has 1 heterocycles. The zero-order chi connectivity index (χ0) is 16.7. The summed E-state index contributed by atoms with van der Waals surface area (Å²) in [6, 6.07) is -0.952. The molecule has 0 saturated carbocycles. The number of carboxylic acid groups (broad SMARTS) is 1. The van der Waals surface area contributed by atoms with Gasteiger partial charge in [0.05, 0.1) is 12.1 Å². The predicted molar refractivity (Wildman–Crippen MR) is 82.7 cm³/mol. The highest BCUT2D eigenvalue weighted by atomic mass is 32.1. The van der Waals surface area contributed by atoms with Gasteiger partial charge in [-0.2, -0.15) is 0 Å². The summed E-state index contributed by atoms with van der Waals surface area (Å²) < 4.78 is 0. The largest absolute Gasteiger partial charge is 0.480 e. The SMILES string of the molecule is CCc1csc(CC(=O)N(CCNC(C)=O)C(C)C(=O)O)n1. The predicted octanol–water partition coefficient (Wildman–Crippen LogP) is 0.686. The molecular weight excluding hydrogens is 306 g/mol. The Kier molecular flexibility index (Phi) is 6.97. The van der Waals surface area contributed by atoms with Crippen LogP contribution in [0.25, 0.3) is 0 Å². The van der Waals surface area contributed by atoms with E-state index in [1.165, 1.54) is 30.1 Å². The Balaban J connectivity index is 2.73. The minimum atomic E-state index is -1.08. The van der Waals surface area contributed by atoms with Gasteiger partial charge in [-0.25, -0.2) is 9.78 Å². The van der Waals surface area contributed by atoms with E-state index in [1.54, 1.807) is 0 Å². The molecule has 0 aliphatic carbocycles. The molecule has 1 aromatic rings. The molecule has 1 rings (SSSR count). The Hall–Kier alpha value is -1.96. The fourth-order valence-electron chi connectivity index (χ4n) is 1.84. The van der Waals surface area contributed by atoms with Crippen LogP contribution in [0.4, 0.5) is 0 Å². The third kappa shape index (κ3) is 5.44. The number of hydrogen-bond donors (Lipinski definition) is 2. The maximum Gasteiger partial charge on any atom is 0.326 e. The highest BCUT2D eigenvalue weighted by molar-refractivity contribution is 7.09. The number of aliphatic carboxylic acids is 1. The van der Waals surface area contributed by atoms with E-state index in [-0.39, 0.29) is 31.3 Å². The topological polar surface area (TPSA) is 99.6 Å². The summed E-state index contributed by atoms with van der Waals surface area (Å²) >= 11 is 1.39. The Labute approximate surface area is 133 Å². The average molecular weight is 327 g/mol. The first-order valence-corrected chi connectivity index (χ1v) is 7.93. The molecule has 2 amide bonds. The Morgan fingerprint density at radius 2 is 2.14 bits per heavy atom. The number of carbonyl (C=O) groups excluding carboxylic acids is 2. The normalized spacial score (nSPS) is 11.8. The molecule has 0 spiro atoms. The zero-order valence-electron chi connectivity index (χ0n) is 13.0. The van der Waals surface area contributed by atoms with Crippen molar-refractivity contribution in [3.8, 4) is 0 Å². The maximum atomic E-state index is 12.3. The average Bonchev–Trinajstić information content (AvgIpc) is 2.90. The molecule has 122 valence electrons. The minimum Gasteiger partial charge on any atom is -0.480 e. The van der Waals surface area contributed by atoms with Gasteiger partial charge >= 0.3 is 5.97 Å². The van der Waals surface area contributed by atoms with Crippen LogP contribution in [-0.2, 0) is 27.2 Å². The third-order valence-corrected chi connectivity index (χ3v) is 4.03. The molecule has 7 nitrogen and oxygen atoms in total. The second kappa shape index (κ2) is 8.47. The summed E-state index contributed by atoms with van der Waals surface area (Å²) in [5.41, 5.74) is 0.920. The number of carboxylic acids is 1. The number of nitrogens with one attached hydrogen (secondary N) is 1. The molecule has 0 aliphatic heterocycles. The first-order valence-electron chi connectivity index (χ1n) is 7.05. The van der Waals surface area contributed by atoms with Crippen molar-refractivity contribution >= 4 is 29.1 Å². The standard InChI is InChI=1S/C14H21N3O4S/c1-4-11-8-22-12(16-11)7-13(19)17(9(2)14(20)21)6-5-15-10(3)18/h8-9H,4-7H2,1-3H3,(H,15,18)(H,20,21). The van der Waals surface area contributed by atoms with E-state index in [9.17, 15) is 14.4 Å².